The fraction of sp³-hybridized carbons (Fsp3) is 0.727. The van der Waals surface area contributed by atoms with Crippen molar-refractivity contribution in [1.29, 1.82) is 0 Å². The highest BCUT2D eigenvalue weighted by Crippen LogP contribution is 2.64. The average Bonchev–Trinajstić information content (AvgIpc) is 2.78. The van der Waals surface area contributed by atoms with Crippen molar-refractivity contribution in [3.63, 3.8) is 0 Å². The van der Waals surface area contributed by atoms with Gasteiger partial charge in [-0.1, -0.05) is 32.1 Å². The van der Waals surface area contributed by atoms with Crippen LogP contribution in [0.5, 0.6) is 0 Å². The minimum atomic E-state index is -0.172. The third-order valence-electron chi connectivity index (χ3n) is 8.09. The highest BCUT2D eigenvalue weighted by atomic mass is 16.5. The molecule has 6 atom stereocenters. The van der Waals surface area contributed by atoms with Gasteiger partial charge in [-0.05, 0) is 67.3 Å². The predicted molar refractivity (Wildman–Crippen MR) is 96.8 cm³/mol. The van der Waals surface area contributed by atoms with Crippen molar-refractivity contribution in [2.24, 2.45) is 28.6 Å². The fourth-order valence-electron chi connectivity index (χ4n) is 6.70. The maximum absolute atomic E-state index is 12.7. The number of rotatable bonds is 1. The smallest absolute Gasteiger partial charge is 0.302 e. The molecule has 0 aromatic heterocycles. The lowest BCUT2D eigenvalue weighted by Crippen LogP contribution is -2.50. The second kappa shape index (κ2) is 5.56. The van der Waals surface area contributed by atoms with Crippen LogP contribution in [0.1, 0.15) is 65.7 Å². The maximum Gasteiger partial charge on any atom is 0.302 e. The second-order valence-electron chi connectivity index (χ2n) is 9.33. The first kappa shape index (κ1) is 17.1. The van der Waals surface area contributed by atoms with Gasteiger partial charge in [0.1, 0.15) is 6.10 Å². The molecule has 3 heteroatoms. The van der Waals surface area contributed by atoms with Gasteiger partial charge in [-0.15, -0.1) is 0 Å². The van der Waals surface area contributed by atoms with Gasteiger partial charge in [0.25, 0.3) is 0 Å². The van der Waals surface area contributed by atoms with Crippen molar-refractivity contribution in [1.82, 2.24) is 0 Å². The van der Waals surface area contributed by atoms with Gasteiger partial charge in [0.05, 0.1) is 0 Å². The lowest BCUT2D eigenvalue weighted by Gasteiger charge is -2.56. The van der Waals surface area contributed by atoms with E-state index in [-0.39, 0.29) is 22.9 Å². The quantitative estimate of drug-likeness (QED) is 0.397. The van der Waals surface area contributed by atoms with Crippen molar-refractivity contribution in [3.8, 4) is 0 Å². The Balaban J connectivity index is 1.62. The summed E-state index contributed by atoms with van der Waals surface area (Å²) >= 11 is 0. The SMILES string of the molecule is C=C1C[C@@H]2[C@@H]3CC=C4C[C@@H](OC(C)=O)CC[C@]4(C)[C@@H]3CC[C@@]2(C)C1=O. The Morgan fingerprint density at radius 3 is 2.60 bits per heavy atom. The van der Waals surface area contributed by atoms with Crippen molar-refractivity contribution in [3.05, 3.63) is 23.8 Å². The Hall–Kier alpha value is -1.38. The molecule has 0 amide bonds. The minimum Gasteiger partial charge on any atom is -0.462 e. The summed E-state index contributed by atoms with van der Waals surface area (Å²) in [5.41, 5.74) is 2.40. The molecule has 0 spiro atoms. The highest BCUT2D eigenvalue weighted by molar-refractivity contribution is 6.02. The molecule has 4 rings (SSSR count). The Morgan fingerprint density at radius 1 is 1.16 bits per heavy atom. The maximum atomic E-state index is 12.7. The van der Waals surface area contributed by atoms with E-state index < -0.39 is 0 Å². The molecule has 25 heavy (non-hydrogen) atoms. The summed E-state index contributed by atoms with van der Waals surface area (Å²) in [7, 11) is 0. The number of carbonyl (C=O) groups excluding carboxylic acids is 2. The number of hydrogen-bond donors (Lipinski definition) is 0. The first-order chi connectivity index (χ1) is 11.8. The van der Waals surface area contributed by atoms with E-state index >= 15 is 0 Å². The van der Waals surface area contributed by atoms with E-state index in [4.69, 9.17) is 4.74 Å². The fourth-order valence-corrected chi connectivity index (χ4v) is 6.70. The van der Waals surface area contributed by atoms with Gasteiger partial charge >= 0.3 is 5.97 Å². The monoisotopic (exact) mass is 342 g/mol. The van der Waals surface area contributed by atoms with Crippen LogP contribution in [0.3, 0.4) is 0 Å². The molecule has 0 unspecified atom stereocenters. The number of ether oxygens (including phenoxy) is 1. The van der Waals surface area contributed by atoms with Gasteiger partial charge in [-0.25, -0.2) is 0 Å². The largest absolute Gasteiger partial charge is 0.462 e. The van der Waals surface area contributed by atoms with Crippen molar-refractivity contribution in [2.45, 2.75) is 71.8 Å². The zero-order valence-corrected chi connectivity index (χ0v) is 15.8. The van der Waals surface area contributed by atoms with E-state index in [2.05, 4.69) is 26.5 Å². The number of carbonyl (C=O) groups is 2. The molecule has 0 heterocycles. The number of allylic oxidation sites excluding steroid dienone is 2. The zero-order chi connectivity index (χ0) is 18.0. The van der Waals surface area contributed by atoms with E-state index in [9.17, 15) is 9.59 Å². The number of fused-ring (bicyclic) bond motifs is 5. The molecule has 3 nitrogen and oxygen atoms in total. The van der Waals surface area contributed by atoms with Crippen molar-refractivity contribution >= 4 is 11.8 Å². The van der Waals surface area contributed by atoms with E-state index in [0.717, 1.165) is 50.5 Å². The Morgan fingerprint density at radius 2 is 1.88 bits per heavy atom. The summed E-state index contributed by atoms with van der Waals surface area (Å²) in [5.74, 6) is 1.88. The van der Waals surface area contributed by atoms with Gasteiger partial charge in [0.15, 0.2) is 5.78 Å². The first-order valence-electron chi connectivity index (χ1n) is 9.85. The number of esters is 1. The molecule has 0 bridgehead atoms. The van der Waals surface area contributed by atoms with E-state index in [1.54, 1.807) is 0 Å². The number of ketones is 1. The minimum absolute atomic E-state index is 0.0510. The van der Waals surface area contributed by atoms with Crippen LogP contribution in [0.2, 0.25) is 0 Å². The zero-order valence-electron chi connectivity index (χ0n) is 15.8. The summed E-state index contributed by atoms with van der Waals surface area (Å²) in [4.78, 5) is 24.0. The average molecular weight is 342 g/mol. The predicted octanol–water partition coefficient (Wildman–Crippen LogP) is 4.62. The lowest BCUT2D eigenvalue weighted by molar-refractivity contribution is -0.148. The molecule has 4 aliphatic carbocycles. The first-order valence-corrected chi connectivity index (χ1v) is 9.85. The molecule has 3 saturated carbocycles. The third-order valence-corrected chi connectivity index (χ3v) is 8.09. The Labute approximate surface area is 150 Å². The molecule has 0 N–H and O–H groups in total. The highest BCUT2D eigenvalue weighted by Gasteiger charge is 2.59. The van der Waals surface area contributed by atoms with Crippen LogP contribution >= 0.6 is 0 Å². The molecular weight excluding hydrogens is 312 g/mol. The second-order valence-corrected chi connectivity index (χ2v) is 9.33. The molecule has 136 valence electrons. The van der Waals surface area contributed by atoms with Gasteiger partial charge in [0.2, 0.25) is 0 Å². The van der Waals surface area contributed by atoms with Crippen LogP contribution in [0.15, 0.2) is 23.8 Å². The molecule has 3 fully saturated rings. The number of hydrogen-bond acceptors (Lipinski definition) is 3. The van der Waals surface area contributed by atoms with Crippen LogP contribution in [0.25, 0.3) is 0 Å². The molecule has 0 radical (unpaired) electrons. The molecule has 0 saturated heterocycles. The summed E-state index contributed by atoms with van der Waals surface area (Å²) in [6.07, 6.45) is 9.54. The molecule has 0 aromatic carbocycles. The molecule has 0 aromatic rings. The van der Waals surface area contributed by atoms with E-state index in [1.807, 2.05) is 0 Å². The van der Waals surface area contributed by atoms with Gasteiger partial charge in [0, 0.05) is 18.8 Å². The van der Waals surface area contributed by atoms with E-state index in [0.29, 0.717) is 23.5 Å². The number of Topliss-reactive ketones (excluding diaryl/α,β-unsaturated/α-hetero) is 1. The summed E-state index contributed by atoms with van der Waals surface area (Å²) in [6.45, 7) is 10.2. The summed E-state index contributed by atoms with van der Waals surface area (Å²) < 4.78 is 5.50. The van der Waals surface area contributed by atoms with Crippen LogP contribution < -0.4 is 0 Å². The topological polar surface area (TPSA) is 43.4 Å². The summed E-state index contributed by atoms with van der Waals surface area (Å²) in [6, 6.07) is 0. The Bertz CT molecular complexity index is 675. The normalized spacial score (nSPS) is 46.0. The third kappa shape index (κ3) is 2.38. The van der Waals surface area contributed by atoms with Crippen LogP contribution in [0, 0.1) is 28.6 Å². The van der Waals surface area contributed by atoms with Crippen molar-refractivity contribution in [2.75, 3.05) is 0 Å². The molecule has 0 aliphatic heterocycles. The van der Waals surface area contributed by atoms with Crippen molar-refractivity contribution < 1.29 is 14.3 Å². The lowest BCUT2D eigenvalue weighted by atomic mass is 9.48. The van der Waals surface area contributed by atoms with Gasteiger partial charge < -0.3 is 4.74 Å². The van der Waals surface area contributed by atoms with E-state index in [1.165, 1.54) is 12.5 Å². The molecular formula is C22H30O3. The van der Waals surface area contributed by atoms with Gasteiger partial charge in [-0.2, -0.15) is 0 Å². The van der Waals surface area contributed by atoms with Crippen LogP contribution in [-0.4, -0.2) is 17.9 Å². The standard InChI is InChI=1S/C22H30O3/c1-13-11-19-17-6-5-15-12-16(25-14(2)23)7-9-21(15,3)18(17)8-10-22(19,4)20(13)24/h5,16-19H,1,6-12H2,2-4H3/t16-,17+,18+,19+,21-,22+/m0/s1. The van der Waals surface area contributed by atoms with Crippen LogP contribution in [0.4, 0.5) is 0 Å². The van der Waals surface area contributed by atoms with Gasteiger partial charge in [-0.3, -0.25) is 9.59 Å². The summed E-state index contributed by atoms with van der Waals surface area (Å²) in [5, 5.41) is 0. The Kier molecular flexibility index (Phi) is 3.79. The van der Waals surface area contributed by atoms with Crippen LogP contribution in [-0.2, 0) is 14.3 Å². The molecule has 4 aliphatic rings.